The highest BCUT2D eigenvalue weighted by Crippen LogP contribution is 2.51. The van der Waals surface area contributed by atoms with Gasteiger partial charge in [-0.2, -0.15) is 11.8 Å². The molecule has 1 aliphatic rings. The lowest BCUT2D eigenvalue weighted by atomic mass is 9.69. The van der Waals surface area contributed by atoms with Gasteiger partial charge in [-0.1, -0.05) is 47.5 Å². The average molecular weight is 545 g/mol. The Bertz CT molecular complexity index is 1220. The minimum Gasteiger partial charge on any atom is -0.497 e. The smallest absolute Gasteiger partial charge is 0.230 e. The second kappa shape index (κ2) is 11.4. The number of hydrogen-bond donors (Lipinski definition) is 0. The molecular weight excluding hydrogens is 513 g/mol. The monoisotopic (exact) mass is 543 g/mol. The SMILES string of the molecule is COc1ccc(CN2C(=O)[C@@](C)(CSC)CC(c3cccc(Cl)c3)[C@H]2c2ccc(Cl)cc2)c(OC)c1. The predicted molar refractivity (Wildman–Crippen MR) is 150 cm³/mol. The summed E-state index contributed by atoms with van der Waals surface area (Å²) in [5, 5.41) is 1.35. The number of thioether (sulfide) groups is 1. The molecule has 3 aromatic rings. The molecule has 1 aliphatic heterocycles. The number of carbonyl (C=O) groups is 1. The zero-order valence-electron chi connectivity index (χ0n) is 21.0. The highest BCUT2D eigenvalue weighted by atomic mass is 35.5. The minimum atomic E-state index is -0.533. The lowest BCUT2D eigenvalue weighted by Gasteiger charge is -2.49. The molecule has 1 fully saturated rings. The van der Waals surface area contributed by atoms with E-state index in [1.165, 1.54) is 0 Å². The molecule has 0 N–H and O–H groups in total. The molecule has 0 bridgehead atoms. The third kappa shape index (κ3) is 5.49. The summed E-state index contributed by atoms with van der Waals surface area (Å²) in [5.74, 6) is 2.30. The van der Waals surface area contributed by atoms with E-state index in [-0.39, 0.29) is 17.9 Å². The van der Waals surface area contributed by atoms with Crippen LogP contribution < -0.4 is 9.47 Å². The van der Waals surface area contributed by atoms with Crippen molar-refractivity contribution < 1.29 is 14.3 Å². The van der Waals surface area contributed by atoms with E-state index in [9.17, 15) is 4.79 Å². The second-order valence-electron chi connectivity index (χ2n) is 9.47. The first-order valence-corrected chi connectivity index (χ1v) is 14.0. The molecule has 1 amide bonds. The fraction of sp³-hybridized carbons (Fsp3) is 0.345. The molecule has 0 aliphatic carbocycles. The van der Waals surface area contributed by atoms with Crippen molar-refractivity contribution in [3.8, 4) is 11.5 Å². The summed E-state index contributed by atoms with van der Waals surface area (Å²) in [7, 11) is 3.27. The Morgan fingerprint density at radius 3 is 2.36 bits per heavy atom. The van der Waals surface area contributed by atoms with Gasteiger partial charge in [0, 0.05) is 39.9 Å². The molecular formula is C29H31Cl2NO3S. The van der Waals surface area contributed by atoms with Crippen molar-refractivity contribution in [3.05, 3.63) is 93.5 Å². The van der Waals surface area contributed by atoms with E-state index >= 15 is 0 Å². The van der Waals surface area contributed by atoms with Gasteiger partial charge in [-0.15, -0.1) is 0 Å². The number of amides is 1. The first-order valence-electron chi connectivity index (χ1n) is 11.8. The highest BCUT2D eigenvalue weighted by Gasteiger charge is 2.49. The summed E-state index contributed by atoms with van der Waals surface area (Å²) in [6.45, 7) is 2.49. The van der Waals surface area contributed by atoms with Gasteiger partial charge in [0.25, 0.3) is 0 Å². The van der Waals surface area contributed by atoms with Crippen LogP contribution in [0.4, 0.5) is 0 Å². The van der Waals surface area contributed by atoms with Crippen molar-refractivity contribution in [1.82, 2.24) is 4.90 Å². The van der Waals surface area contributed by atoms with Crippen molar-refractivity contribution in [3.63, 3.8) is 0 Å². The fourth-order valence-electron chi connectivity index (χ4n) is 5.26. The molecule has 1 saturated heterocycles. The zero-order chi connectivity index (χ0) is 25.9. The number of rotatable bonds is 8. The van der Waals surface area contributed by atoms with E-state index in [1.807, 2.05) is 65.6 Å². The molecule has 1 heterocycles. The summed E-state index contributed by atoms with van der Waals surface area (Å²) >= 11 is 14.4. The lowest BCUT2D eigenvalue weighted by molar-refractivity contribution is -0.150. The highest BCUT2D eigenvalue weighted by molar-refractivity contribution is 7.98. The summed E-state index contributed by atoms with van der Waals surface area (Å²) < 4.78 is 11.1. The van der Waals surface area contributed by atoms with Gasteiger partial charge in [-0.05, 0) is 67.1 Å². The van der Waals surface area contributed by atoms with Gasteiger partial charge in [0.05, 0.1) is 25.7 Å². The van der Waals surface area contributed by atoms with Crippen LogP contribution >= 0.6 is 35.0 Å². The van der Waals surface area contributed by atoms with Crippen LogP contribution in [0.25, 0.3) is 0 Å². The van der Waals surface area contributed by atoms with Crippen molar-refractivity contribution in [2.75, 3.05) is 26.2 Å². The number of methoxy groups -OCH3 is 2. The number of nitrogens with zero attached hydrogens (tertiary/aromatic N) is 1. The second-order valence-corrected chi connectivity index (χ2v) is 11.2. The quantitative estimate of drug-likeness (QED) is 0.292. The van der Waals surface area contributed by atoms with Gasteiger partial charge >= 0.3 is 0 Å². The topological polar surface area (TPSA) is 38.8 Å². The van der Waals surface area contributed by atoms with E-state index in [0.717, 1.165) is 28.9 Å². The minimum absolute atomic E-state index is 0.0453. The Morgan fingerprint density at radius 1 is 0.972 bits per heavy atom. The molecule has 0 radical (unpaired) electrons. The predicted octanol–water partition coefficient (Wildman–Crippen LogP) is 7.64. The number of ether oxygens (including phenoxy) is 2. The molecule has 36 heavy (non-hydrogen) atoms. The maximum absolute atomic E-state index is 14.3. The Balaban J connectivity index is 1.88. The van der Waals surface area contributed by atoms with Crippen LogP contribution in [-0.4, -0.2) is 37.0 Å². The van der Waals surface area contributed by atoms with Crippen LogP contribution in [-0.2, 0) is 11.3 Å². The van der Waals surface area contributed by atoms with E-state index in [0.29, 0.717) is 28.1 Å². The van der Waals surface area contributed by atoms with Gasteiger partial charge < -0.3 is 14.4 Å². The Labute approximate surface area is 227 Å². The molecule has 4 rings (SSSR count). The summed E-state index contributed by atoms with van der Waals surface area (Å²) in [5.41, 5.74) is 2.55. The van der Waals surface area contributed by atoms with Crippen LogP contribution in [0.2, 0.25) is 10.0 Å². The van der Waals surface area contributed by atoms with Gasteiger partial charge in [-0.3, -0.25) is 4.79 Å². The van der Waals surface area contributed by atoms with E-state index in [4.69, 9.17) is 32.7 Å². The number of hydrogen-bond acceptors (Lipinski definition) is 4. The summed E-state index contributed by atoms with van der Waals surface area (Å²) in [4.78, 5) is 16.3. The first kappa shape index (κ1) is 26.7. The molecule has 0 aromatic heterocycles. The van der Waals surface area contributed by atoms with Gasteiger partial charge in [-0.25, -0.2) is 0 Å². The third-order valence-corrected chi connectivity index (χ3v) is 8.36. The van der Waals surface area contributed by atoms with Gasteiger partial charge in [0.15, 0.2) is 0 Å². The van der Waals surface area contributed by atoms with E-state index < -0.39 is 5.41 Å². The molecule has 7 heteroatoms. The van der Waals surface area contributed by atoms with E-state index in [1.54, 1.807) is 26.0 Å². The molecule has 3 aromatic carbocycles. The number of piperidine rings is 1. The summed E-state index contributed by atoms with van der Waals surface area (Å²) in [6, 6.07) is 21.4. The van der Waals surface area contributed by atoms with Crippen molar-refractivity contribution in [2.24, 2.45) is 5.41 Å². The zero-order valence-corrected chi connectivity index (χ0v) is 23.3. The third-order valence-electron chi connectivity index (χ3n) is 6.95. The molecule has 190 valence electrons. The largest absolute Gasteiger partial charge is 0.497 e. The number of carbonyl (C=O) groups excluding carboxylic acids is 1. The average Bonchev–Trinajstić information content (AvgIpc) is 2.87. The lowest BCUT2D eigenvalue weighted by Crippen LogP contribution is -2.52. The molecule has 0 spiro atoms. The van der Waals surface area contributed by atoms with Crippen molar-refractivity contribution >= 4 is 40.9 Å². The normalized spacial score (nSPS) is 21.9. The van der Waals surface area contributed by atoms with Crippen LogP contribution in [0.1, 0.15) is 42.0 Å². The van der Waals surface area contributed by atoms with Gasteiger partial charge in [0.1, 0.15) is 11.5 Å². The van der Waals surface area contributed by atoms with E-state index in [2.05, 4.69) is 19.2 Å². The van der Waals surface area contributed by atoms with Crippen LogP contribution in [0.3, 0.4) is 0 Å². The fourth-order valence-corrected chi connectivity index (χ4v) is 6.46. The molecule has 4 nitrogen and oxygen atoms in total. The van der Waals surface area contributed by atoms with Crippen LogP contribution in [0.5, 0.6) is 11.5 Å². The Kier molecular flexibility index (Phi) is 8.44. The number of benzene rings is 3. The van der Waals surface area contributed by atoms with Crippen molar-refractivity contribution in [2.45, 2.75) is 31.8 Å². The van der Waals surface area contributed by atoms with Crippen LogP contribution in [0, 0.1) is 5.41 Å². The van der Waals surface area contributed by atoms with Crippen molar-refractivity contribution in [1.29, 1.82) is 0 Å². The van der Waals surface area contributed by atoms with Crippen LogP contribution in [0.15, 0.2) is 66.7 Å². The standard InChI is InChI=1S/C29H31Cl2NO3S/c1-29(18-36-4)16-25(20-6-5-7-23(31)14-20)27(19-8-11-22(30)12-9-19)32(28(29)33)17-21-10-13-24(34-2)15-26(21)35-3/h5-15,25,27H,16-18H2,1-4H3/t25?,27-,29-/m1/s1. The van der Waals surface area contributed by atoms with Gasteiger partial charge in [0.2, 0.25) is 5.91 Å². The number of halogens is 2. The maximum atomic E-state index is 14.3. The first-order chi connectivity index (χ1) is 17.3. The molecule has 0 saturated carbocycles. The maximum Gasteiger partial charge on any atom is 0.230 e. The summed E-state index contributed by atoms with van der Waals surface area (Å²) in [6.07, 6.45) is 2.77. The number of likely N-dealkylation sites (tertiary alicyclic amines) is 1. The Morgan fingerprint density at radius 2 is 1.72 bits per heavy atom. The molecule has 3 atom stereocenters. The molecule has 1 unspecified atom stereocenters. The Hall–Kier alpha value is -2.34.